The molecule has 26 heavy (non-hydrogen) atoms. The second-order valence-corrected chi connectivity index (χ2v) is 6.15. The van der Waals surface area contributed by atoms with Crippen LogP contribution in [0.3, 0.4) is 0 Å². The Bertz CT molecular complexity index is 996. The van der Waals surface area contributed by atoms with Crippen molar-refractivity contribution in [3.8, 4) is 0 Å². The van der Waals surface area contributed by atoms with Crippen LogP contribution in [0.25, 0.3) is 10.9 Å². The molecule has 8 heteroatoms. The van der Waals surface area contributed by atoms with Gasteiger partial charge in [-0.3, -0.25) is 4.79 Å². The zero-order valence-corrected chi connectivity index (χ0v) is 14.6. The molecule has 0 amide bonds. The SMILES string of the molecule is COCc1ccc2c(C)nn(C(=O)c3c(Cl)cccc3C(F)(F)F)c2c1. The van der Waals surface area contributed by atoms with E-state index in [0.717, 1.165) is 22.4 Å². The fraction of sp³-hybridized carbons (Fsp3) is 0.222. The summed E-state index contributed by atoms with van der Waals surface area (Å²) in [7, 11) is 1.53. The van der Waals surface area contributed by atoms with Gasteiger partial charge in [0.15, 0.2) is 0 Å². The van der Waals surface area contributed by atoms with Crippen LogP contribution in [0.5, 0.6) is 0 Å². The van der Waals surface area contributed by atoms with E-state index in [0.29, 0.717) is 23.2 Å². The number of alkyl halides is 3. The Kier molecular flexibility index (Phi) is 4.77. The molecule has 0 spiro atoms. The monoisotopic (exact) mass is 382 g/mol. The highest BCUT2D eigenvalue weighted by atomic mass is 35.5. The Balaban J connectivity index is 2.22. The third-order valence-corrected chi connectivity index (χ3v) is 4.28. The maximum Gasteiger partial charge on any atom is 0.417 e. The standard InChI is InChI=1S/C18H14ClF3N2O2/c1-10-12-7-6-11(9-26-2)8-15(12)24(23-10)17(25)16-13(18(20,21)22)4-3-5-14(16)19/h3-8H,9H2,1-2H3. The summed E-state index contributed by atoms with van der Waals surface area (Å²) in [6.45, 7) is 1.98. The third kappa shape index (κ3) is 3.20. The average molecular weight is 383 g/mol. The molecule has 0 fully saturated rings. The first kappa shape index (κ1) is 18.4. The minimum Gasteiger partial charge on any atom is -0.380 e. The van der Waals surface area contributed by atoms with Gasteiger partial charge in [0.25, 0.3) is 5.91 Å². The van der Waals surface area contributed by atoms with Crippen LogP contribution in [0, 0.1) is 6.92 Å². The normalized spacial score (nSPS) is 11.9. The highest BCUT2D eigenvalue weighted by molar-refractivity contribution is 6.34. The van der Waals surface area contributed by atoms with Crippen molar-refractivity contribution in [2.24, 2.45) is 0 Å². The number of fused-ring (bicyclic) bond motifs is 1. The Morgan fingerprint density at radius 3 is 2.65 bits per heavy atom. The van der Waals surface area contributed by atoms with Gasteiger partial charge in [0.05, 0.1) is 34.0 Å². The number of hydrogen-bond donors (Lipinski definition) is 0. The molecule has 3 aromatic rings. The van der Waals surface area contributed by atoms with Crippen molar-refractivity contribution in [1.82, 2.24) is 9.78 Å². The predicted molar refractivity (Wildman–Crippen MR) is 91.4 cm³/mol. The van der Waals surface area contributed by atoms with Gasteiger partial charge in [-0.25, -0.2) is 0 Å². The molecule has 0 saturated carbocycles. The van der Waals surface area contributed by atoms with Gasteiger partial charge in [-0.2, -0.15) is 23.0 Å². The molecule has 1 aromatic heterocycles. The van der Waals surface area contributed by atoms with Crippen molar-refractivity contribution in [3.05, 3.63) is 63.8 Å². The molecule has 0 aliphatic heterocycles. The number of halogens is 4. The van der Waals surface area contributed by atoms with Gasteiger partial charge in [-0.05, 0) is 30.7 Å². The number of nitrogens with zero attached hydrogens (tertiary/aromatic N) is 2. The van der Waals surface area contributed by atoms with Crippen LogP contribution < -0.4 is 0 Å². The molecular formula is C18H14ClF3N2O2. The topological polar surface area (TPSA) is 44.1 Å². The molecule has 4 nitrogen and oxygen atoms in total. The molecule has 0 saturated heterocycles. The van der Waals surface area contributed by atoms with E-state index in [1.165, 1.54) is 13.2 Å². The summed E-state index contributed by atoms with van der Waals surface area (Å²) < 4.78 is 46.0. The molecule has 0 atom stereocenters. The lowest BCUT2D eigenvalue weighted by molar-refractivity contribution is -0.137. The second-order valence-electron chi connectivity index (χ2n) is 5.75. The van der Waals surface area contributed by atoms with E-state index in [4.69, 9.17) is 16.3 Å². The van der Waals surface area contributed by atoms with Crippen LogP contribution in [0.15, 0.2) is 36.4 Å². The summed E-state index contributed by atoms with van der Waals surface area (Å²) in [4.78, 5) is 12.9. The van der Waals surface area contributed by atoms with Gasteiger partial charge in [-0.1, -0.05) is 29.8 Å². The summed E-state index contributed by atoms with van der Waals surface area (Å²) >= 11 is 5.94. The first-order valence-electron chi connectivity index (χ1n) is 7.61. The summed E-state index contributed by atoms with van der Waals surface area (Å²) in [5.74, 6) is -0.935. The largest absolute Gasteiger partial charge is 0.417 e. The number of rotatable bonds is 3. The van der Waals surface area contributed by atoms with Gasteiger partial charge in [0, 0.05) is 12.5 Å². The van der Waals surface area contributed by atoms with E-state index in [1.807, 2.05) is 6.07 Å². The lowest BCUT2D eigenvalue weighted by Crippen LogP contribution is -2.20. The molecule has 0 unspecified atom stereocenters. The average Bonchev–Trinajstić information content (AvgIpc) is 2.90. The number of hydrogen-bond acceptors (Lipinski definition) is 3. The second kappa shape index (κ2) is 6.74. The van der Waals surface area contributed by atoms with Crippen molar-refractivity contribution < 1.29 is 22.7 Å². The van der Waals surface area contributed by atoms with Crippen molar-refractivity contribution in [2.45, 2.75) is 19.7 Å². The molecule has 3 rings (SSSR count). The predicted octanol–water partition coefficient (Wildman–Crippen LogP) is 4.85. The summed E-state index contributed by atoms with van der Waals surface area (Å²) in [5.41, 5.74) is -0.0234. The van der Waals surface area contributed by atoms with Crippen molar-refractivity contribution in [3.63, 3.8) is 0 Å². The fourth-order valence-corrected chi connectivity index (χ4v) is 3.07. The quantitative estimate of drug-likeness (QED) is 0.650. The van der Waals surface area contributed by atoms with Crippen LogP contribution in [0.2, 0.25) is 5.02 Å². The van der Waals surface area contributed by atoms with Crippen molar-refractivity contribution in [1.29, 1.82) is 0 Å². The van der Waals surface area contributed by atoms with Gasteiger partial charge < -0.3 is 4.74 Å². The summed E-state index contributed by atoms with van der Waals surface area (Å²) in [6, 6.07) is 8.47. The first-order chi connectivity index (χ1) is 12.2. The molecular weight excluding hydrogens is 369 g/mol. The molecule has 0 aliphatic carbocycles. The molecule has 136 valence electrons. The Morgan fingerprint density at radius 2 is 2.00 bits per heavy atom. The lowest BCUT2D eigenvalue weighted by atomic mass is 10.1. The highest BCUT2D eigenvalue weighted by Crippen LogP contribution is 2.36. The number of carbonyl (C=O) groups is 1. The minimum absolute atomic E-state index is 0.279. The van der Waals surface area contributed by atoms with E-state index in [-0.39, 0.29) is 5.02 Å². The number of benzene rings is 2. The zero-order chi connectivity index (χ0) is 19.1. The van der Waals surface area contributed by atoms with Crippen molar-refractivity contribution in [2.75, 3.05) is 7.11 Å². The Labute approximate surface area is 152 Å². The summed E-state index contributed by atoms with van der Waals surface area (Å²) in [5, 5.41) is 4.52. The molecule has 0 aliphatic rings. The smallest absolute Gasteiger partial charge is 0.380 e. The number of methoxy groups -OCH3 is 1. The van der Waals surface area contributed by atoms with Gasteiger partial charge in [0.2, 0.25) is 0 Å². The van der Waals surface area contributed by atoms with Gasteiger partial charge >= 0.3 is 6.18 Å². The fourth-order valence-electron chi connectivity index (χ4n) is 2.81. The molecule has 2 aromatic carbocycles. The number of ether oxygens (including phenoxy) is 1. The molecule has 1 heterocycles. The van der Waals surface area contributed by atoms with Crippen LogP contribution in [-0.4, -0.2) is 22.8 Å². The molecule has 0 bridgehead atoms. The van der Waals surface area contributed by atoms with E-state index in [1.54, 1.807) is 19.1 Å². The van der Waals surface area contributed by atoms with Crippen molar-refractivity contribution >= 4 is 28.4 Å². The maximum atomic E-state index is 13.3. The lowest BCUT2D eigenvalue weighted by Gasteiger charge is -2.13. The Hall–Kier alpha value is -2.38. The van der Waals surface area contributed by atoms with E-state index < -0.39 is 23.2 Å². The number of aryl methyl sites for hydroxylation is 1. The third-order valence-electron chi connectivity index (χ3n) is 3.97. The van der Waals surface area contributed by atoms with Gasteiger partial charge in [0.1, 0.15) is 0 Å². The maximum absolute atomic E-state index is 13.3. The minimum atomic E-state index is -4.71. The van der Waals surface area contributed by atoms with Crippen LogP contribution in [0.1, 0.15) is 27.2 Å². The highest BCUT2D eigenvalue weighted by Gasteiger charge is 2.37. The number of aromatic nitrogens is 2. The van der Waals surface area contributed by atoms with Crippen LogP contribution in [-0.2, 0) is 17.5 Å². The molecule has 0 N–H and O–H groups in total. The van der Waals surface area contributed by atoms with Crippen LogP contribution in [0.4, 0.5) is 13.2 Å². The van der Waals surface area contributed by atoms with E-state index in [9.17, 15) is 18.0 Å². The summed E-state index contributed by atoms with van der Waals surface area (Å²) in [6.07, 6.45) is -4.71. The first-order valence-corrected chi connectivity index (χ1v) is 7.99. The number of carbonyl (C=O) groups excluding carboxylic acids is 1. The Morgan fingerprint density at radius 1 is 1.27 bits per heavy atom. The van der Waals surface area contributed by atoms with Gasteiger partial charge in [-0.15, -0.1) is 0 Å². The van der Waals surface area contributed by atoms with Crippen LogP contribution >= 0.6 is 11.6 Å². The zero-order valence-electron chi connectivity index (χ0n) is 13.9. The molecule has 0 radical (unpaired) electrons. The van der Waals surface area contributed by atoms with E-state index >= 15 is 0 Å². The van der Waals surface area contributed by atoms with E-state index in [2.05, 4.69) is 5.10 Å².